The van der Waals surface area contributed by atoms with Gasteiger partial charge in [-0.2, -0.15) is 0 Å². The number of aliphatic imine (C=N–C) groups is 1. The third-order valence-electron chi connectivity index (χ3n) is 4.83. The summed E-state index contributed by atoms with van der Waals surface area (Å²) in [6, 6.07) is 0. The molecule has 2 fully saturated rings. The van der Waals surface area contributed by atoms with E-state index in [1.807, 2.05) is 0 Å². The third-order valence-corrected chi connectivity index (χ3v) is 4.83. The van der Waals surface area contributed by atoms with Crippen molar-refractivity contribution in [3.8, 4) is 0 Å². The van der Waals surface area contributed by atoms with Crippen LogP contribution in [0.4, 0.5) is 0 Å². The number of morpholine rings is 1. The van der Waals surface area contributed by atoms with Crippen LogP contribution in [0.15, 0.2) is 4.99 Å². The zero-order valence-corrected chi connectivity index (χ0v) is 14.2. The van der Waals surface area contributed by atoms with E-state index in [4.69, 9.17) is 9.73 Å². The van der Waals surface area contributed by atoms with Crippen LogP contribution in [0.2, 0.25) is 0 Å². The summed E-state index contributed by atoms with van der Waals surface area (Å²) in [5, 5.41) is 3.44. The van der Waals surface area contributed by atoms with E-state index in [9.17, 15) is 0 Å². The quantitative estimate of drug-likeness (QED) is 0.629. The molecule has 0 aliphatic carbocycles. The zero-order chi connectivity index (χ0) is 15.3. The molecule has 0 bridgehead atoms. The molecule has 0 amide bonds. The van der Waals surface area contributed by atoms with Gasteiger partial charge in [-0.25, -0.2) is 0 Å². The molecule has 0 radical (unpaired) electrons. The minimum atomic E-state index is 0.234. The Hall–Kier alpha value is -0.810. The van der Waals surface area contributed by atoms with Gasteiger partial charge >= 0.3 is 0 Å². The van der Waals surface area contributed by atoms with Crippen LogP contribution < -0.4 is 5.32 Å². The van der Waals surface area contributed by atoms with E-state index in [0.29, 0.717) is 5.41 Å². The van der Waals surface area contributed by atoms with E-state index in [1.54, 1.807) is 0 Å². The van der Waals surface area contributed by atoms with Gasteiger partial charge in [0.25, 0.3) is 0 Å². The summed E-state index contributed by atoms with van der Waals surface area (Å²) in [5.74, 6) is 1.06. The van der Waals surface area contributed by atoms with Crippen molar-refractivity contribution in [2.75, 3.05) is 52.9 Å². The Morgan fingerprint density at radius 3 is 2.81 bits per heavy atom. The Balaban J connectivity index is 1.93. The van der Waals surface area contributed by atoms with Crippen molar-refractivity contribution < 1.29 is 4.74 Å². The predicted molar refractivity (Wildman–Crippen MR) is 87.8 cm³/mol. The molecule has 5 nitrogen and oxygen atoms in total. The largest absolute Gasteiger partial charge is 0.374 e. The number of likely N-dealkylation sites (N-methyl/N-ethyl adjacent to an activating group) is 1. The van der Waals surface area contributed by atoms with Crippen LogP contribution in [-0.4, -0.2) is 74.8 Å². The van der Waals surface area contributed by atoms with E-state index >= 15 is 0 Å². The number of hydrogen-bond donors (Lipinski definition) is 1. The van der Waals surface area contributed by atoms with E-state index in [2.05, 4.69) is 42.9 Å². The second-order valence-electron chi connectivity index (χ2n) is 6.79. The molecule has 0 aromatic carbocycles. The molecule has 0 aromatic heterocycles. The Kier molecular flexibility index (Phi) is 5.88. The molecule has 2 rings (SSSR count). The minimum absolute atomic E-state index is 0.234. The van der Waals surface area contributed by atoms with Crippen LogP contribution in [0.3, 0.4) is 0 Å². The number of nitrogens with zero attached hydrogens (tertiary/aromatic N) is 3. The average Bonchev–Trinajstić information content (AvgIpc) is 2.87. The lowest BCUT2D eigenvalue weighted by atomic mass is 9.87. The lowest BCUT2D eigenvalue weighted by Crippen LogP contribution is -2.44. The maximum atomic E-state index is 5.81. The highest BCUT2D eigenvalue weighted by molar-refractivity contribution is 5.80. The molecular weight excluding hydrogens is 264 g/mol. The van der Waals surface area contributed by atoms with Gasteiger partial charge < -0.3 is 19.9 Å². The van der Waals surface area contributed by atoms with Crippen LogP contribution >= 0.6 is 0 Å². The SMILES string of the molecule is CCNC(=NCC1CN(C)CCO1)N1CCC(C)(CC)C1. The number of ether oxygens (including phenoxy) is 1. The maximum absolute atomic E-state index is 5.81. The fourth-order valence-electron chi connectivity index (χ4n) is 3.08. The zero-order valence-electron chi connectivity index (χ0n) is 14.2. The molecule has 0 aromatic rings. The van der Waals surface area contributed by atoms with E-state index in [-0.39, 0.29) is 6.10 Å². The molecule has 122 valence electrons. The van der Waals surface area contributed by atoms with Crippen LogP contribution in [-0.2, 0) is 4.74 Å². The standard InChI is InChI=1S/C16H32N4O/c1-5-16(3)7-8-20(13-16)15(17-6-2)18-11-14-12-19(4)9-10-21-14/h14H,5-13H2,1-4H3,(H,17,18). The predicted octanol–water partition coefficient (Wildman–Crippen LogP) is 1.40. The van der Waals surface area contributed by atoms with Gasteiger partial charge in [-0.05, 0) is 32.2 Å². The Labute approximate surface area is 129 Å². The number of likely N-dealkylation sites (tertiary alicyclic amines) is 1. The topological polar surface area (TPSA) is 40.1 Å². The van der Waals surface area contributed by atoms with Gasteiger partial charge in [0.2, 0.25) is 0 Å². The Morgan fingerprint density at radius 1 is 1.38 bits per heavy atom. The summed E-state index contributed by atoms with van der Waals surface area (Å²) in [5.41, 5.74) is 0.442. The van der Waals surface area contributed by atoms with Crippen molar-refractivity contribution in [3.05, 3.63) is 0 Å². The van der Waals surface area contributed by atoms with Gasteiger partial charge in [-0.1, -0.05) is 13.8 Å². The summed E-state index contributed by atoms with van der Waals surface area (Å²) >= 11 is 0. The second kappa shape index (κ2) is 7.45. The first kappa shape index (κ1) is 16.6. The van der Waals surface area contributed by atoms with Gasteiger partial charge in [0.1, 0.15) is 0 Å². The Morgan fingerprint density at radius 2 is 2.19 bits per heavy atom. The lowest BCUT2D eigenvalue weighted by Gasteiger charge is -2.30. The maximum Gasteiger partial charge on any atom is 0.194 e. The number of hydrogen-bond acceptors (Lipinski definition) is 3. The minimum Gasteiger partial charge on any atom is -0.374 e. The summed E-state index contributed by atoms with van der Waals surface area (Å²) in [7, 11) is 2.15. The van der Waals surface area contributed by atoms with Crippen molar-refractivity contribution in [2.45, 2.75) is 39.7 Å². The lowest BCUT2D eigenvalue weighted by molar-refractivity contribution is -0.0137. The van der Waals surface area contributed by atoms with Gasteiger partial charge in [-0.3, -0.25) is 4.99 Å². The molecule has 5 heteroatoms. The summed E-state index contributed by atoms with van der Waals surface area (Å²) < 4.78 is 5.81. The van der Waals surface area contributed by atoms with E-state index in [1.165, 1.54) is 12.8 Å². The molecule has 2 atom stereocenters. The monoisotopic (exact) mass is 296 g/mol. The highest BCUT2D eigenvalue weighted by Crippen LogP contribution is 2.32. The molecule has 1 N–H and O–H groups in total. The van der Waals surface area contributed by atoms with Gasteiger partial charge in [0, 0.05) is 32.7 Å². The van der Waals surface area contributed by atoms with Crippen molar-refractivity contribution in [3.63, 3.8) is 0 Å². The fourth-order valence-corrected chi connectivity index (χ4v) is 3.08. The molecule has 2 unspecified atom stereocenters. The first-order valence-corrected chi connectivity index (χ1v) is 8.39. The molecule has 0 saturated carbocycles. The second-order valence-corrected chi connectivity index (χ2v) is 6.79. The van der Waals surface area contributed by atoms with Crippen LogP contribution in [0.1, 0.15) is 33.6 Å². The smallest absolute Gasteiger partial charge is 0.194 e. The average molecular weight is 296 g/mol. The van der Waals surface area contributed by atoms with Crippen molar-refractivity contribution in [2.24, 2.45) is 10.4 Å². The van der Waals surface area contributed by atoms with E-state index < -0.39 is 0 Å². The first-order valence-electron chi connectivity index (χ1n) is 8.39. The normalized spacial score (nSPS) is 31.7. The number of guanidine groups is 1. The van der Waals surface area contributed by atoms with Crippen molar-refractivity contribution >= 4 is 5.96 Å². The van der Waals surface area contributed by atoms with Crippen molar-refractivity contribution in [1.29, 1.82) is 0 Å². The number of rotatable bonds is 4. The highest BCUT2D eigenvalue weighted by Gasteiger charge is 2.33. The molecule has 0 spiro atoms. The molecule has 2 aliphatic heterocycles. The molecule has 2 heterocycles. The fraction of sp³-hybridized carbons (Fsp3) is 0.938. The summed E-state index contributed by atoms with van der Waals surface area (Å²) in [6.45, 7) is 13.5. The number of nitrogens with one attached hydrogen (secondary N) is 1. The highest BCUT2D eigenvalue weighted by atomic mass is 16.5. The van der Waals surface area contributed by atoms with Crippen LogP contribution in [0.25, 0.3) is 0 Å². The van der Waals surface area contributed by atoms with Crippen molar-refractivity contribution in [1.82, 2.24) is 15.1 Å². The van der Waals surface area contributed by atoms with Gasteiger partial charge in [0.05, 0.1) is 19.3 Å². The Bertz CT molecular complexity index is 360. The molecule has 21 heavy (non-hydrogen) atoms. The molecule has 2 saturated heterocycles. The summed E-state index contributed by atoms with van der Waals surface area (Å²) in [4.78, 5) is 9.57. The molecule has 2 aliphatic rings. The van der Waals surface area contributed by atoms with Gasteiger partial charge in [0.15, 0.2) is 5.96 Å². The first-order chi connectivity index (χ1) is 10.1. The molecular formula is C16H32N4O. The van der Waals surface area contributed by atoms with Gasteiger partial charge in [-0.15, -0.1) is 0 Å². The third kappa shape index (κ3) is 4.58. The van der Waals surface area contributed by atoms with Crippen LogP contribution in [0, 0.1) is 5.41 Å². The van der Waals surface area contributed by atoms with Crippen LogP contribution in [0.5, 0.6) is 0 Å². The summed E-state index contributed by atoms with van der Waals surface area (Å²) in [6.07, 6.45) is 2.73. The van der Waals surface area contributed by atoms with E-state index in [0.717, 1.165) is 51.8 Å².